The average molecular weight is 360 g/mol. The first-order chi connectivity index (χ1) is 12.4. The number of carbonyl (C=O) groups excluding carboxylic acids is 2. The summed E-state index contributed by atoms with van der Waals surface area (Å²) in [6.45, 7) is 11.2. The fourth-order valence-corrected chi connectivity index (χ4v) is 3.28. The van der Waals surface area contributed by atoms with Crippen molar-refractivity contribution in [3.05, 3.63) is 29.8 Å². The van der Waals surface area contributed by atoms with Gasteiger partial charge in [-0.3, -0.25) is 9.59 Å². The number of carbonyl (C=O) groups is 2. The minimum atomic E-state index is -1.02. The summed E-state index contributed by atoms with van der Waals surface area (Å²) in [5.41, 5.74) is 1.42. The van der Waals surface area contributed by atoms with Gasteiger partial charge < -0.3 is 15.1 Å². The van der Waals surface area contributed by atoms with Crippen molar-refractivity contribution >= 4 is 17.5 Å². The number of nitrogens with one attached hydrogen (secondary N) is 1. The summed E-state index contributed by atoms with van der Waals surface area (Å²) in [6.07, 6.45) is 3.17. The molecule has 5 heteroatoms. The maximum atomic E-state index is 12.9. The molecule has 2 amide bonds. The van der Waals surface area contributed by atoms with Crippen LogP contribution >= 0.6 is 0 Å². The van der Waals surface area contributed by atoms with E-state index in [0.29, 0.717) is 19.6 Å². The maximum Gasteiger partial charge on any atom is 0.237 e. The summed E-state index contributed by atoms with van der Waals surface area (Å²) >= 11 is 0. The van der Waals surface area contributed by atoms with Crippen molar-refractivity contribution in [1.82, 2.24) is 10.2 Å². The van der Waals surface area contributed by atoms with Crippen LogP contribution in [0.15, 0.2) is 24.3 Å². The van der Waals surface area contributed by atoms with Crippen LogP contribution in [-0.4, -0.2) is 49.4 Å². The smallest absolute Gasteiger partial charge is 0.237 e. The molecule has 0 bridgehead atoms. The maximum absolute atomic E-state index is 12.9. The second-order valence-electron chi connectivity index (χ2n) is 7.71. The molecule has 0 atom stereocenters. The van der Waals surface area contributed by atoms with E-state index in [2.05, 4.69) is 48.3 Å². The molecule has 1 aliphatic rings. The van der Waals surface area contributed by atoms with Gasteiger partial charge in [0.25, 0.3) is 0 Å². The van der Waals surface area contributed by atoms with Crippen molar-refractivity contribution in [2.75, 3.05) is 37.6 Å². The number of unbranched alkanes of at least 4 members (excludes halogenated alkanes) is 2. The Morgan fingerprint density at radius 3 is 2.42 bits per heavy atom. The zero-order chi connectivity index (χ0) is 19.2. The molecule has 0 aliphatic carbocycles. The van der Waals surface area contributed by atoms with Gasteiger partial charge in [0.1, 0.15) is 5.41 Å². The third kappa shape index (κ3) is 4.99. The van der Waals surface area contributed by atoms with Crippen molar-refractivity contribution in [3.63, 3.8) is 0 Å². The number of hydrogen-bond acceptors (Lipinski definition) is 3. The van der Waals surface area contributed by atoms with Gasteiger partial charge in [-0.15, -0.1) is 0 Å². The Bertz CT molecular complexity index is 619. The SMILES string of the molecule is CCCCCNC(=O)C(C)(C)C(=O)N1CCN(c2cccc(C)c2)CC1. The van der Waals surface area contributed by atoms with Crippen molar-refractivity contribution in [3.8, 4) is 0 Å². The Hall–Kier alpha value is -2.04. The molecular formula is C21H33N3O2. The minimum Gasteiger partial charge on any atom is -0.368 e. The summed E-state index contributed by atoms with van der Waals surface area (Å²) in [7, 11) is 0. The van der Waals surface area contributed by atoms with Crippen LogP contribution < -0.4 is 10.2 Å². The third-order valence-corrected chi connectivity index (χ3v) is 5.10. The van der Waals surface area contributed by atoms with Crippen LogP contribution in [0.3, 0.4) is 0 Å². The van der Waals surface area contributed by atoms with E-state index in [1.54, 1.807) is 13.8 Å². The number of piperazine rings is 1. The molecule has 1 aromatic carbocycles. The first-order valence-electron chi connectivity index (χ1n) is 9.75. The molecule has 0 saturated carbocycles. The van der Waals surface area contributed by atoms with Gasteiger partial charge in [0.15, 0.2) is 0 Å². The third-order valence-electron chi connectivity index (χ3n) is 5.10. The standard InChI is InChI=1S/C21H33N3O2/c1-5-6-7-11-22-19(25)21(3,4)20(26)24-14-12-23(13-15-24)18-10-8-9-17(2)16-18/h8-10,16H,5-7,11-15H2,1-4H3,(H,22,25). The van der Waals surface area contributed by atoms with E-state index < -0.39 is 5.41 Å². The van der Waals surface area contributed by atoms with Crippen molar-refractivity contribution in [1.29, 1.82) is 0 Å². The molecule has 144 valence electrons. The lowest BCUT2D eigenvalue weighted by Crippen LogP contribution is -2.55. The predicted molar refractivity (Wildman–Crippen MR) is 106 cm³/mol. The quantitative estimate of drug-likeness (QED) is 0.601. The lowest BCUT2D eigenvalue weighted by molar-refractivity contribution is -0.148. The summed E-state index contributed by atoms with van der Waals surface area (Å²) in [5, 5.41) is 2.92. The molecule has 1 fully saturated rings. The van der Waals surface area contributed by atoms with Crippen LogP contribution in [0.25, 0.3) is 0 Å². The fraction of sp³-hybridized carbons (Fsp3) is 0.619. The van der Waals surface area contributed by atoms with Gasteiger partial charge in [0.2, 0.25) is 11.8 Å². The van der Waals surface area contributed by atoms with Crippen molar-refractivity contribution in [2.24, 2.45) is 5.41 Å². The number of benzene rings is 1. The van der Waals surface area contributed by atoms with Crippen LogP contribution in [-0.2, 0) is 9.59 Å². The monoisotopic (exact) mass is 359 g/mol. The Kier molecular flexibility index (Phi) is 7.06. The Morgan fingerprint density at radius 1 is 1.12 bits per heavy atom. The van der Waals surface area contributed by atoms with Crippen molar-refractivity contribution in [2.45, 2.75) is 47.0 Å². The molecule has 1 N–H and O–H groups in total. The first kappa shape index (κ1) is 20.3. The molecule has 5 nitrogen and oxygen atoms in total. The molecular weight excluding hydrogens is 326 g/mol. The van der Waals surface area contributed by atoms with E-state index in [0.717, 1.165) is 32.4 Å². The molecule has 2 rings (SSSR count). The highest BCUT2D eigenvalue weighted by Gasteiger charge is 2.39. The fourth-order valence-electron chi connectivity index (χ4n) is 3.28. The topological polar surface area (TPSA) is 52.7 Å². The Balaban J connectivity index is 1.89. The zero-order valence-corrected chi connectivity index (χ0v) is 16.7. The molecule has 0 aromatic heterocycles. The molecule has 1 saturated heterocycles. The number of anilines is 1. The van der Waals surface area contributed by atoms with E-state index in [-0.39, 0.29) is 11.8 Å². The lowest BCUT2D eigenvalue weighted by atomic mass is 9.90. The van der Waals surface area contributed by atoms with E-state index in [1.165, 1.54) is 11.3 Å². The van der Waals surface area contributed by atoms with Crippen LogP contribution in [0.5, 0.6) is 0 Å². The van der Waals surface area contributed by atoms with Gasteiger partial charge in [0.05, 0.1) is 0 Å². The highest BCUT2D eigenvalue weighted by Crippen LogP contribution is 2.23. The number of rotatable bonds is 7. The second-order valence-corrected chi connectivity index (χ2v) is 7.71. The molecule has 1 aliphatic heterocycles. The summed E-state index contributed by atoms with van der Waals surface area (Å²) in [4.78, 5) is 29.5. The van der Waals surface area contributed by atoms with Crippen molar-refractivity contribution < 1.29 is 9.59 Å². The minimum absolute atomic E-state index is 0.0746. The van der Waals surface area contributed by atoms with Crippen LogP contribution in [0.1, 0.15) is 45.6 Å². The van der Waals surface area contributed by atoms with Gasteiger partial charge in [0, 0.05) is 38.4 Å². The number of amides is 2. The van der Waals surface area contributed by atoms with Gasteiger partial charge >= 0.3 is 0 Å². The van der Waals surface area contributed by atoms with Gasteiger partial charge in [-0.05, 0) is 44.9 Å². The van der Waals surface area contributed by atoms with E-state index in [9.17, 15) is 9.59 Å². The molecule has 0 spiro atoms. The average Bonchev–Trinajstić information content (AvgIpc) is 2.64. The number of hydrogen-bond donors (Lipinski definition) is 1. The van der Waals surface area contributed by atoms with Gasteiger partial charge in [-0.25, -0.2) is 0 Å². The largest absolute Gasteiger partial charge is 0.368 e. The molecule has 26 heavy (non-hydrogen) atoms. The summed E-state index contributed by atoms with van der Waals surface area (Å²) < 4.78 is 0. The molecule has 1 heterocycles. The number of nitrogens with zero attached hydrogens (tertiary/aromatic N) is 2. The molecule has 0 radical (unpaired) electrons. The summed E-state index contributed by atoms with van der Waals surface area (Å²) in [6, 6.07) is 8.43. The van der Waals surface area contributed by atoms with Crippen LogP contribution in [0.2, 0.25) is 0 Å². The van der Waals surface area contributed by atoms with Crippen LogP contribution in [0.4, 0.5) is 5.69 Å². The Labute approximate surface area is 157 Å². The highest BCUT2D eigenvalue weighted by molar-refractivity contribution is 6.04. The van der Waals surface area contributed by atoms with Gasteiger partial charge in [-0.2, -0.15) is 0 Å². The lowest BCUT2D eigenvalue weighted by Gasteiger charge is -2.39. The first-order valence-corrected chi connectivity index (χ1v) is 9.75. The van der Waals surface area contributed by atoms with E-state index in [1.807, 2.05) is 4.90 Å². The molecule has 1 aromatic rings. The second kappa shape index (κ2) is 9.06. The zero-order valence-electron chi connectivity index (χ0n) is 16.7. The molecule has 0 unspecified atom stereocenters. The predicted octanol–water partition coefficient (Wildman–Crippen LogP) is 2.98. The van der Waals surface area contributed by atoms with E-state index >= 15 is 0 Å². The highest BCUT2D eigenvalue weighted by atomic mass is 16.2. The van der Waals surface area contributed by atoms with Crippen LogP contribution in [0, 0.1) is 12.3 Å². The van der Waals surface area contributed by atoms with E-state index in [4.69, 9.17) is 0 Å². The summed E-state index contributed by atoms with van der Waals surface area (Å²) in [5.74, 6) is -0.242. The Morgan fingerprint density at radius 2 is 1.81 bits per heavy atom. The normalized spacial score (nSPS) is 15.1. The number of aryl methyl sites for hydroxylation is 1. The van der Waals surface area contributed by atoms with Gasteiger partial charge in [-0.1, -0.05) is 31.9 Å².